The van der Waals surface area contributed by atoms with Gasteiger partial charge in [-0.3, -0.25) is 4.90 Å². The molecule has 39 heavy (non-hydrogen) atoms. The first-order chi connectivity index (χ1) is 19.0. The maximum absolute atomic E-state index is 13.9. The number of hydrogen-bond acceptors (Lipinski definition) is 7. The Morgan fingerprint density at radius 1 is 1.03 bits per heavy atom. The molecule has 2 saturated heterocycles. The SMILES string of the molecule is O=C(O)NCCN1CCN(c2cccc(-c3cnc4ccc(N5CCC[C@@H]5c5cccc(F)c5)nn34)n2)CC1. The molecule has 0 spiro atoms. The molecule has 202 valence electrons. The minimum absolute atomic E-state index is 0.0812. The van der Waals surface area contributed by atoms with E-state index in [0.29, 0.717) is 13.1 Å². The van der Waals surface area contributed by atoms with Crippen molar-refractivity contribution in [2.45, 2.75) is 18.9 Å². The van der Waals surface area contributed by atoms with Gasteiger partial charge in [-0.05, 0) is 54.8 Å². The predicted molar refractivity (Wildman–Crippen MR) is 147 cm³/mol. The van der Waals surface area contributed by atoms with Gasteiger partial charge in [-0.1, -0.05) is 18.2 Å². The van der Waals surface area contributed by atoms with Gasteiger partial charge in [0.15, 0.2) is 5.65 Å². The van der Waals surface area contributed by atoms with E-state index in [1.165, 1.54) is 6.07 Å². The highest BCUT2D eigenvalue weighted by Gasteiger charge is 2.28. The number of imidazole rings is 1. The van der Waals surface area contributed by atoms with E-state index in [4.69, 9.17) is 15.2 Å². The molecule has 0 aliphatic carbocycles. The van der Waals surface area contributed by atoms with E-state index in [1.54, 1.807) is 18.3 Å². The Labute approximate surface area is 225 Å². The average molecular weight is 531 g/mol. The number of halogens is 1. The number of pyridine rings is 1. The van der Waals surface area contributed by atoms with Crippen LogP contribution in [0.4, 0.5) is 20.8 Å². The number of nitrogens with zero attached hydrogens (tertiary/aromatic N) is 7. The summed E-state index contributed by atoms with van der Waals surface area (Å²) in [6.07, 6.45) is 2.78. The lowest BCUT2D eigenvalue weighted by atomic mass is 10.0. The minimum atomic E-state index is -0.990. The zero-order valence-electron chi connectivity index (χ0n) is 21.6. The molecule has 3 aromatic heterocycles. The van der Waals surface area contributed by atoms with Crippen LogP contribution in [0.3, 0.4) is 0 Å². The van der Waals surface area contributed by atoms with Crippen molar-refractivity contribution in [1.29, 1.82) is 0 Å². The topological polar surface area (TPSA) is 102 Å². The number of anilines is 2. The summed E-state index contributed by atoms with van der Waals surface area (Å²) in [5.74, 6) is 1.51. The van der Waals surface area contributed by atoms with Crippen molar-refractivity contribution >= 4 is 23.4 Å². The van der Waals surface area contributed by atoms with Gasteiger partial charge in [0.2, 0.25) is 0 Å². The number of fused-ring (bicyclic) bond motifs is 1. The van der Waals surface area contributed by atoms with Gasteiger partial charge in [0, 0.05) is 45.8 Å². The maximum atomic E-state index is 13.9. The third-order valence-electron chi connectivity index (χ3n) is 7.53. The third-order valence-corrected chi connectivity index (χ3v) is 7.53. The largest absolute Gasteiger partial charge is 0.465 e. The first-order valence-electron chi connectivity index (χ1n) is 13.3. The number of hydrogen-bond donors (Lipinski definition) is 2. The van der Waals surface area contributed by atoms with E-state index >= 15 is 0 Å². The van der Waals surface area contributed by atoms with E-state index in [0.717, 1.165) is 79.8 Å². The standard InChI is InChI=1S/C28H31FN8O2/c29-21-5-1-4-20(18-21)23-7-3-12-36(23)27-10-9-25-31-19-24(37(25)33-27)22-6-2-8-26(32-22)35-16-14-34(15-17-35)13-11-30-28(38)39/h1-2,4-6,8-10,18-19,23,30H,3,7,11-17H2,(H,38,39)/t23-/m1/s1. The second kappa shape index (κ2) is 10.9. The Morgan fingerprint density at radius 3 is 2.69 bits per heavy atom. The Bertz CT molecular complexity index is 1470. The highest BCUT2D eigenvalue weighted by molar-refractivity contribution is 5.64. The summed E-state index contributed by atoms with van der Waals surface area (Å²) in [6.45, 7) is 5.29. The molecule has 2 aliphatic heterocycles. The third kappa shape index (κ3) is 5.35. The van der Waals surface area contributed by atoms with Crippen molar-refractivity contribution in [3.8, 4) is 11.4 Å². The number of carboxylic acid groups (broad SMARTS) is 1. The monoisotopic (exact) mass is 530 g/mol. The van der Waals surface area contributed by atoms with Crippen molar-refractivity contribution in [2.75, 3.05) is 55.6 Å². The van der Waals surface area contributed by atoms with Gasteiger partial charge in [-0.2, -0.15) is 0 Å². The Hall–Kier alpha value is -4.25. The van der Waals surface area contributed by atoms with Crippen LogP contribution in [-0.4, -0.2) is 81.5 Å². The van der Waals surface area contributed by atoms with E-state index in [1.807, 2.05) is 40.9 Å². The van der Waals surface area contributed by atoms with Crippen LogP contribution >= 0.6 is 0 Å². The van der Waals surface area contributed by atoms with Crippen LogP contribution in [0.25, 0.3) is 17.0 Å². The molecule has 1 amide bonds. The molecule has 2 fully saturated rings. The molecule has 1 aromatic carbocycles. The lowest BCUT2D eigenvalue weighted by molar-refractivity contribution is 0.190. The molecule has 10 nitrogen and oxygen atoms in total. The molecule has 5 heterocycles. The Morgan fingerprint density at radius 2 is 1.87 bits per heavy atom. The quantitative estimate of drug-likeness (QED) is 0.373. The average Bonchev–Trinajstić information content (AvgIpc) is 3.61. The first kappa shape index (κ1) is 25.1. The summed E-state index contributed by atoms with van der Waals surface area (Å²) in [5, 5.41) is 16.2. The molecule has 1 atom stereocenters. The van der Waals surface area contributed by atoms with Crippen LogP contribution in [0, 0.1) is 5.82 Å². The number of aromatic nitrogens is 4. The number of piperazine rings is 1. The van der Waals surface area contributed by atoms with E-state index in [-0.39, 0.29) is 11.9 Å². The zero-order chi connectivity index (χ0) is 26.8. The van der Waals surface area contributed by atoms with Crippen molar-refractivity contribution in [1.82, 2.24) is 29.8 Å². The molecular weight excluding hydrogens is 499 g/mol. The molecule has 0 unspecified atom stereocenters. The lowest BCUT2D eigenvalue weighted by Gasteiger charge is -2.35. The van der Waals surface area contributed by atoms with Crippen molar-refractivity contribution in [2.24, 2.45) is 0 Å². The van der Waals surface area contributed by atoms with Gasteiger partial charge < -0.3 is 20.2 Å². The fourth-order valence-electron chi connectivity index (χ4n) is 5.56. The van der Waals surface area contributed by atoms with Gasteiger partial charge in [-0.15, -0.1) is 5.10 Å². The normalized spacial score (nSPS) is 18.1. The van der Waals surface area contributed by atoms with Crippen molar-refractivity contribution in [3.63, 3.8) is 0 Å². The van der Waals surface area contributed by atoms with Gasteiger partial charge in [-0.25, -0.2) is 23.7 Å². The molecule has 11 heteroatoms. The van der Waals surface area contributed by atoms with Gasteiger partial charge in [0.1, 0.15) is 23.1 Å². The van der Waals surface area contributed by atoms with Gasteiger partial charge in [0.05, 0.1) is 17.9 Å². The lowest BCUT2D eigenvalue weighted by Crippen LogP contribution is -2.48. The van der Waals surface area contributed by atoms with Crippen LogP contribution in [0.15, 0.2) is 60.8 Å². The predicted octanol–water partition coefficient (Wildman–Crippen LogP) is 3.66. The number of nitrogens with one attached hydrogen (secondary N) is 1. The summed E-state index contributed by atoms with van der Waals surface area (Å²) >= 11 is 0. The van der Waals surface area contributed by atoms with Crippen LogP contribution in [0.5, 0.6) is 0 Å². The molecule has 4 aromatic rings. The molecule has 0 saturated carbocycles. The number of carbonyl (C=O) groups is 1. The molecule has 2 aliphatic rings. The van der Waals surface area contributed by atoms with E-state index in [9.17, 15) is 9.18 Å². The van der Waals surface area contributed by atoms with E-state index in [2.05, 4.69) is 25.0 Å². The molecule has 2 N–H and O–H groups in total. The number of amides is 1. The minimum Gasteiger partial charge on any atom is -0.465 e. The van der Waals surface area contributed by atoms with Crippen LogP contribution in [0.2, 0.25) is 0 Å². The summed E-state index contributed by atoms with van der Waals surface area (Å²) in [6, 6.07) is 16.9. The van der Waals surface area contributed by atoms with Gasteiger partial charge >= 0.3 is 6.09 Å². The summed E-state index contributed by atoms with van der Waals surface area (Å²) in [7, 11) is 0. The fourth-order valence-corrected chi connectivity index (χ4v) is 5.56. The van der Waals surface area contributed by atoms with Crippen molar-refractivity contribution in [3.05, 3.63) is 72.2 Å². The molecule has 0 bridgehead atoms. The van der Waals surface area contributed by atoms with E-state index < -0.39 is 6.09 Å². The highest BCUT2D eigenvalue weighted by Crippen LogP contribution is 2.35. The summed E-state index contributed by atoms with van der Waals surface area (Å²) in [5.41, 5.74) is 3.31. The molecule has 0 radical (unpaired) electrons. The summed E-state index contributed by atoms with van der Waals surface area (Å²) in [4.78, 5) is 27.0. The number of rotatable bonds is 7. The fraction of sp³-hybridized carbons (Fsp3) is 0.357. The summed E-state index contributed by atoms with van der Waals surface area (Å²) < 4.78 is 15.8. The van der Waals surface area contributed by atoms with Crippen LogP contribution in [-0.2, 0) is 0 Å². The maximum Gasteiger partial charge on any atom is 0.404 e. The van der Waals surface area contributed by atoms with Crippen LogP contribution < -0.4 is 15.1 Å². The Kier molecular flexibility index (Phi) is 6.97. The van der Waals surface area contributed by atoms with Gasteiger partial charge in [0.25, 0.3) is 0 Å². The second-order valence-electron chi connectivity index (χ2n) is 9.95. The second-order valence-corrected chi connectivity index (χ2v) is 9.95. The highest BCUT2D eigenvalue weighted by atomic mass is 19.1. The van der Waals surface area contributed by atoms with Crippen LogP contribution in [0.1, 0.15) is 24.4 Å². The molecule has 6 rings (SSSR count). The number of benzene rings is 1. The first-order valence-corrected chi connectivity index (χ1v) is 13.3. The Balaban J connectivity index is 1.21. The zero-order valence-corrected chi connectivity index (χ0v) is 21.6. The smallest absolute Gasteiger partial charge is 0.404 e. The molecular formula is C28H31FN8O2. The van der Waals surface area contributed by atoms with Crippen molar-refractivity contribution < 1.29 is 14.3 Å².